The van der Waals surface area contributed by atoms with Crippen molar-refractivity contribution in [2.45, 2.75) is 32.2 Å². The number of benzene rings is 1. The Hall–Kier alpha value is -1.55. The van der Waals surface area contributed by atoms with E-state index in [0.29, 0.717) is 0 Å². The van der Waals surface area contributed by atoms with Gasteiger partial charge in [0.25, 0.3) is 0 Å². The zero-order valence-corrected chi connectivity index (χ0v) is 11.0. The summed E-state index contributed by atoms with van der Waals surface area (Å²) in [6.07, 6.45) is 3.19. The highest BCUT2D eigenvalue weighted by Gasteiger charge is 2.20. The van der Waals surface area contributed by atoms with Gasteiger partial charge in [-0.3, -0.25) is 4.79 Å². The van der Waals surface area contributed by atoms with Crippen molar-refractivity contribution >= 4 is 11.6 Å². The fourth-order valence-electron chi connectivity index (χ4n) is 2.20. The molecule has 18 heavy (non-hydrogen) atoms. The largest absolute Gasteiger partial charge is 0.497 e. The average Bonchev–Trinajstić information content (AvgIpc) is 2.42. The third kappa shape index (κ3) is 3.01. The number of rotatable bonds is 3. The third-order valence-corrected chi connectivity index (χ3v) is 3.32. The monoisotopic (exact) mass is 248 g/mol. The lowest BCUT2D eigenvalue weighted by Crippen LogP contribution is -2.43. The maximum absolute atomic E-state index is 12.1. The molecular weight excluding hydrogens is 228 g/mol. The van der Waals surface area contributed by atoms with Crippen LogP contribution >= 0.6 is 0 Å². The first-order valence-corrected chi connectivity index (χ1v) is 6.39. The van der Waals surface area contributed by atoms with E-state index in [2.05, 4.69) is 10.6 Å². The zero-order chi connectivity index (χ0) is 13.0. The number of anilines is 1. The summed E-state index contributed by atoms with van der Waals surface area (Å²) >= 11 is 0. The van der Waals surface area contributed by atoms with Crippen LogP contribution in [0.15, 0.2) is 18.2 Å². The van der Waals surface area contributed by atoms with E-state index in [-0.39, 0.29) is 11.9 Å². The van der Waals surface area contributed by atoms with E-state index in [1.807, 2.05) is 25.1 Å². The molecule has 0 aromatic heterocycles. The lowest BCUT2D eigenvalue weighted by molar-refractivity contribution is -0.118. The summed E-state index contributed by atoms with van der Waals surface area (Å²) in [6.45, 7) is 2.89. The van der Waals surface area contributed by atoms with Crippen LogP contribution in [-0.2, 0) is 4.79 Å². The fourth-order valence-corrected chi connectivity index (χ4v) is 2.20. The Labute approximate surface area is 108 Å². The van der Waals surface area contributed by atoms with Gasteiger partial charge < -0.3 is 15.4 Å². The SMILES string of the molecule is COc1ccc(NC(=O)[C@H]2CCCCN2)c(C)c1. The van der Waals surface area contributed by atoms with Crippen molar-refractivity contribution in [2.75, 3.05) is 19.0 Å². The van der Waals surface area contributed by atoms with Gasteiger partial charge in [0.2, 0.25) is 5.91 Å². The van der Waals surface area contributed by atoms with Crippen molar-refractivity contribution in [3.63, 3.8) is 0 Å². The molecule has 1 aromatic rings. The minimum Gasteiger partial charge on any atom is -0.497 e. The summed E-state index contributed by atoms with van der Waals surface area (Å²) in [6, 6.07) is 5.61. The number of carbonyl (C=O) groups excluding carboxylic acids is 1. The molecule has 0 unspecified atom stereocenters. The van der Waals surface area contributed by atoms with E-state index in [1.54, 1.807) is 7.11 Å². The predicted molar refractivity (Wildman–Crippen MR) is 72.0 cm³/mol. The van der Waals surface area contributed by atoms with Crippen LogP contribution in [0.25, 0.3) is 0 Å². The molecule has 1 heterocycles. The molecule has 1 saturated heterocycles. The summed E-state index contributed by atoms with van der Waals surface area (Å²) in [5.74, 6) is 0.865. The average molecular weight is 248 g/mol. The molecule has 0 saturated carbocycles. The molecule has 0 spiro atoms. The molecule has 0 bridgehead atoms. The number of nitrogens with one attached hydrogen (secondary N) is 2. The van der Waals surface area contributed by atoms with E-state index in [1.165, 1.54) is 0 Å². The van der Waals surface area contributed by atoms with Gasteiger partial charge >= 0.3 is 0 Å². The van der Waals surface area contributed by atoms with Crippen LogP contribution in [0.4, 0.5) is 5.69 Å². The van der Waals surface area contributed by atoms with Gasteiger partial charge in [-0.15, -0.1) is 0 Å². The Bertz CT molecular complexity index is 426. The van der Waals surface area contributed by atoms with Gasteiger partial charge in [-0.2, -0.15) is 0 Å². The Morgan fingerprint density at radius 2 is 2.28 bits per heavy atom. The number of hydrogen-bond donors (Lipinski definition) is 2. The Morgan fingerprint density at radius 3 is 2.89 bits per heavy atom. The molecule has 1 atom stereocenters. The van der Waals surface area contributed by atoms with Gasteiger partial charge in [-0.05, 0) is 50.1 Å². The topological polar surface area (TPSA) is 50.4 Å². The van der Waals surface area contributed by atoms with Crippen LogP contribution in [0, 0.1) is 6.92 Å². The number of methoxy groups -OCH3 is 1. The van der Waals surface area contributed by atoms with Gasteiger partial charge in [0.05, 0.1) is 13.2 Å². The molecular formula is C14H20N2O2. The number of hydrogen-bond acceptors (Lipinski definition) is 3. The molecule has 98 valence electrons. The van der Waals surface area contributed by atoms with Crippen molar-refractivity contribution < 1.29 is 9.53 Å². The minimum atomic E-state index is -0.0553. The molecule has 1 fully saturated rings. The first kappa shape index (κ1) is 12.9. The second kappa shape index (κ2) is 5.87. The molecule has 4 nitrogen and oxygen atoms in total. The van der Waals surface area contributed by atoms with E-state index in [0.717, 1.165) is 42.8 Å². The zero-order valence-electron chi connectivity index (χ0n) is 11.0. The quantitative estimate of drug-likeness (QED) is 0.861. The van der Waals surface area contributed by atoms with Crippen molar-refractivity contribution in [1.82, 2.24) is 5.32 Å². The standard InChI is InChI=1S/C14H20N2O2/c1-10-9-11(18-2)6-7-12(10)16-14(17)13-5-3-4-8-15-13/h6-7,9,13,15H,3-5,8H2,1-2H3,(H,16,17)/t13-/m1/s1. The number of ether oxygens (including phenoxy) is 1. The van der Waals surface area contributed by atoms with E-state index >= 15 is 0 Å². The van der Waals surface area contributed by atoms with Crippen LogP contribution in [0.2, 0.25) is 0 Å². The number of piperidine rings is 1. The van der Waals surface area contributed by atoms with Crippen LogP contribution in [-0.4, -0.2) is 25.6 Å². The Morgan fingerprint density at radius 1 is 1.44 bits per heavy atom. The first-order chi connectivity index (χ1) is 8.70. The van der Waals surface area contributed by atoms with E-state index in [4.69, 9.17) is 4.74 Å². The first-order valence-electron chi connectivity index (χ1n) is 6.39. The normalized spacial score (nSPS) is 19.3. The molecule has 2 rings (SSSR count). The number of aryl methyl sites for hydroxylation is 1. The van der Waals surface area contributed by atoms with Gasteiger partial charge in [0.15, 0.2) is 0 Å². The lowest BCUT2D eigenvalue weighted by atomic mass is 10.0. The number of carbonyl (C=O) groups is 1. The van der Waals surface area contributed by atoms with E-state index < -0.39 is 0 Å². The summed E-state index contributed by atoms with van der Waals surface area (Å²) < 4.78 is 5.15. The highest BCUT2D eigenvalue weighted by atomic mass is 16.5. The minimum absolute atomic E-state index is 0.0553. The fraction of sp³-hybridized carbons (Fsp3) is 0.500. The smallest absolute Gasteiger partial charge is 0.241 e. The van der Waals surface area contributed by atoms with Crippen LogP contribution in [0.3, 0.4) is 0 Å². The van der Waals surface area contributed by atoms with Crippen LogP contribution in [0.5, 0.6) is 5.75 Å². The molecule has 2 N–H and O–H groups in total. The molecule has 0 aliphatic carbocycles. The molecule has 1 aliphatic rings. The van der Waals surface area contributed by atoms with Crippen LogP contribution < -0.4 is 15.4 Å². The summed E-state index contributed by atoms with van der Waals surface area (Å²) in [4.78, 5) is 12.1. The van der Waals surface area contributed by atoms with Crippen LogP contribution in [0.1, 0.15) is 24.8 Å². The highest BCUT2D eigenvalue weighted by molar-refractivity contribution is 5.95. The van der Waals surface area contributed by atoms with Crippen molar-refractivity contribution in [3.8, 4) is 5.75 Å². The highest BCUT2D eigenvalue weighted by Crippen LogP contribution is 2.21. The van der Waals surface area contributed by atoms with Crippen molar-refractivity contribution in [2.24, 2.45) is 0 Å². The Balaban J connectivity index is 2.02. The molecule has 4 heteroatoms. The van der Waals surface area contributed by atoms with Gasteiger partial charge in [-0.1, -0.05) is 6.42 Å². The van der Waals surface area contributed by atoms with Crippen molar-refractivity contribution in [3.05, 3.63) is 23.8 Å². The number of amides is 1. The predicted octanol–water partition coefficient (Wildman–Crippen LogP) is 2.08. The maximum atomic E-state index is 12.1. The lowest BCUT2D eigenvalue weighted by Gasteiger charge is -2.23. The molecule has 1 amide bonds. The Kier molecular flexibility index (Phi) is 4.20. The molecule has 0 radical (unpaired) electrons. The second-order valence-electron chi connectivity index (χ2n) is 4.67. The third-order valence-electron chi connectivity index (χ3n) is 3.32. The molecule has 1 aromatic carbocycles. The summed E-state index contributed by atoms with van der Waals surface area (Å²) in [7, 11) is 1.64. The van der Waals surface area contributed by atoms with Crippen molar-refractivity contribution in [1.29, 1.82) is 0 Å². The summed E-state index contributed by atoms with van der Waals surface area (Å²) in [5.41, 5.74) is 1.87. The van der Waals surface area contributed by atoms with Gasteiger partial charge in [-0.25, -0.2) is 0 Å². The van der Waals surface area contributed by atoms with Gasteiger partial charge in [0, 0.05) is 5.69 Å². The maximum Gasteiger partial charge on any atom is 0.241 e. The van der Waals surface area contributed by atoms with Gasteiger partial charge in [0.1, 0.15) is 5.75 Å². The second-order valence-corrected chi connectivity index (χ2v) is 4.67. The molecule has 1 aliphatic heterocycles. The van der Waals surface area contributed by atoms with E-state index in [9.17, 15) is 4.79 Å². The summed E-state index contributed by atoms with van der Waals surface area (Å²) in [5, 5.41) is 6.22.